The molecule has 8 nitrogen and oxygen atoms in total. The molecule has 0 aliphatic carbocycles. The van der Waals surface area contributed by atoms with E-state index in [4.69, 9.17) is 4.74 Å². The smallest absolute Gasteiger partial charge is 0.464 e. The van der Waals surface area contributed by atoms with Gasteiger partial charge in [-0.3, -0.25) is 9.59 Å². The number of likely N-dealkylation sites (tertiary alicyclic amines) is 1. The summed E-state index contributed by atoms with van der Waals surface area (Å²) >= 11 is 0.273. The van der Waals surface area contributed by atoms with Crippen LogP contribution in [0.2, 0.25) is 0 Å². The predicted octanol–water partition coefficient (Wildman–Crippen LogP) is 1.83. The van der Waals surface area contributed by atoms with Crippen LogP contribution in [0.15, 0.2) is 48.5 Å². The van der Waals surface area contributed by atoms with E-state index >= 15 is 0 Å². The van der Waals surface area contributed by atoms with Crippen LogP contribution < -0.4 is 10.1 Å². The minimum absolute atomic E-state index is 0.0370. The Bertz CT molecular complexity index is 951. The molecule has 1 aliphatic heterocycles. The van der Waals surface area contributed by atoms with Crippen LogP contribution in [0.25, 0.3) is 0 Å². The fraction of sp³-hybridized carbons (Fsp3) is 0.250. The molecule has 2 amide bonds. The van der Waals surface area contributed by atoms with Crippen molar-refractivity contribution < 1.29 is 32.8 Å². The number of amides is 2. The molecule has 0 radical (unpaired) electrons. The molecule has 30 heavy (non-hydrogen) atoms. The van der Waals surface area contributed by atoms with E-state index in [1.807, 2.05) is 0 Å². The molecule has 0 aromatic heterocycles. The molecule has 1 fully saturated rings. The third-order valence-electron chi connectivity index (χ3n) is 4.57. The van der Waals surface area contributed by atoms with Crippen molar-refractivity contribution in [2.75, 3.05) is 13.1 Å². The van der Waals surface area contributed by atoms with Crippen molar-refractivity contribution in [1.82, 2.24) is 10.2 Å². The maximum atomic E-state index is 12.9. The second-order valence-corrected chi connectivity index (χ2v) is 7.48. The number of hydrogen-bond acceptors (Lipinski definition) is 5. The number of benzene rings is 2. The van der Waals surface area contributed by atoms with E-state index in [1.165, 1.54) is 36.4 Å². The van der Waals surface area contributed by atoms with Gasteiger partial charge >= 0.3 is 17.6 Å². The summed E-state index contributed by atoms with van der Waals surface area (Å²) in [4.78, 5) is 37.0. The minimum Gasteiger partial charge on any atom is -0.480 e. The summed E-state index contributed by atoms with van der Waals surface area (Å²) in [6.45, 7) is -0.345. The van der Waals surface area contributed by atoms with E-state index in [0.717, 1.165) is 4.90 Å². The number of halogens is 1. The number of ether oxygens (including phenoxy) is 1. The van der Waals surface area contributed by atoms with E-state index in [9.17, 15) is 28.1 Å². The van der Waals surface area contributed by atoms with Gasteiger partial charge in [0.15, 0.2) is 0 Å². The lowest BCUT2D eigenvalue weighted by molar-refractivity contribution is -0.147. The summed E-state index contributed by atoms with van der Waals surface area (Å²) in [6.07, 6.45) is 0.0820. The molecule has 2 aromatic rings. The van der Waals surface area contributed by atoms with Gasteiger partial charge in [0.05, 0.1) is 13.1 Å². The van der Waals surface area contributed by atoms with Gasteiger partial charge < -0.3 is 20.1 Å². The Labute approximate surface area is 175 Å². The number of aliphatic carboxylic acids is 1. The van der Waals surface area contributed by atoms with E-state index in [-0.39, 0.29) is 42.6 Å². The Balaban J connectivity index is 1.55. The van der Waals surface area contributed by atoms with Crippen LogP contribution in [-0.2, 0) is 25.5 Å². The summed E-state index contributed by atoms with van der Waals surface area (Å²) in [7, 11) is 0. The zero-order valence-electron chi connectivity index (χ0n) is 15.6. The monoisotopic (exact) mass is 433 g/mol. The number of carbonyl (C=O) groups is 3. The molecule has 2 atom stereocenters. The highest BCUT2D eigenvalue weighted by atomic mass is 32.1. The fourth-order valence-electron chi connectivity index (χ4n) is 3.05. The van der Waals surface area contributed by atoms with Crippen molar-refractivity contribution in [2.24, 2.45) is 0 Å². The number of nitrogens with zero attached hydrogens (tertiary/aromatic N) is 1. The standard InChI is InChI=1S/C20H17FN2O6S/c21-13-3-7-15(8-4-13)29-14-5-1-12(2-6-14)19(25)22-10-18(24)23-11-16(30-28)9-17(23)20(26)27/h1-8,16-17H,9-11H2,(H-,22,25,26,27)/p+1/t16-,17+/m1/s1. The first-order valence-electron chi connectivity index (χ1n) is 9.00. The Hall–Kier alpha value is -3.40. The number of rotatable bonds is 7. The van der Waals surface area contributed by atoms with Gasteiger partial charge in [0, 0.05) is 16.2 Å². The number of carboxylic acid groups (broad SMARTS) is 1. The zero-order chi connectivity index (χ0) is 21.7. The summed E-state index contributed by atoms with van der Waals surface area (Å²) in [5, 5.41) is 11.2. The molecule has 1 heterocycles. The highest BCUT2D eigenvalue weighted by Gasteiger charge is 2.45. The van der Waals surface area contributed by atoms with Crippen LogP contribution in [-0.4, -0.2) is 52.2 Å². The van der Waals surface area contributed by atoms with Crippen LogP contribution >= 0.6 is 0 Å². The quantitative estimate of drug-likeness (QED) is 0.644. The molecule has 0 spiro atoms. The number of hydrogen-bond donors (Lipinski definition) is 2. The van der Waals surface area contributed by atoms with Crippen molar-refractivity contribution in [2.45, 2.75) is 17.7 Å². The van der Waals surface area contributed by atoms with Gasteiger partial charge in [-0.15, -0.1) is 0 Å². The first-order valence-corrected chi connectivity index (χ1v) is 9.80. The Morgan fingerprint density at radius 2 is 1.70 bits per heavy atom. The van der Waals surface area contributed by atoms with Gasteiger partial charge in [-0.2, -0.15) is 0 Å². The lowest BCUT2D eigenvalue weighted by Crippen LogP contribution is -2.45. The number of carbonyl (C=O) groups excluding carboxylic acids is 2. The molecule has 3 rings (SSSR count). The third kappa shape index (κ3) is 5.15. The van der Waals surface area contributed by atoms with Crippen LogP contribution in [0, 0.1) is 5.82 Å². The molecule has 10 heteroatoms. The molecule has 2 aromatic carbocycles. The first-order chi connectivity index (χ1) is 14.4. The Kier molecular flexibility index (Phi) is 6.68. The maximum absolute atomic E-state index is 12.9. The lowest BCUT2D eigenvalue weighted by atomic mass is 10.2. The molecule has 1 aliphatic rings. The molecular weight excluding hydrogens is 415 g/mol. The summed E-state index contributed by atoms with van der Waals surface area (Å²) < 4.78 is 29.4. The summed E-state index contributed by atoms with van der Waals surface area (Å²) in [6, 6.07) is 10.5. The molecule has 0 bridgehead atoms. The van der Waals surface area contributed by atoms with Gasteiger partial charge in [0.2, 0.25) is 5.91 Å². The molecule has 1 saturated heterocycles. The van der Waals surface area contributed by atoms with E-state index in [1.54, 1.807) is 12.1 Å². The van der Waals surface area contributed by atoms with Gasteiger partial charge in [-0.1, -0.05) is 0 Å². The molecule has 156 valence electrons. The Morgan fingerprint density at radius 1 is 1.10 bits per heavy atom. The highest BCUT2D eigenvalue weighted by Crippen LogP contribution is 2.22. The van der Waals surface area contributed by atoms with Gasteiger partial charge in [-0.05, 0) is 48.5 Å². The van der Waals surface area contributed by atoms with Crippen molar-refractivity contribution >= 4 is 29.5 Å². The molecule has 0 unspecified atom stereocenters. The van der Waals surface area contributed by atoms with E-state index in [0.29, 0.717) is 11.5 Å². The summed E-state index contributed by atoms with van der Waals surface area (Å²) in [5.74, 6) is -1.76. The topological polar surface area (TPSA) is 113 Å². The van der Waals surface area contributed by atoms with Crippen molar-refractivity contribution in [3.8, 4) is 11.5 Å². The van der Waals surface area contributed by atoms with Crippen LogP contribution in [0.4, 0.5) is 4.39 Å². The molecule has 2 N–H and O–H groups in total. The maximum Gasteiger partial charge on any atom is 0.464 e. The van der Waals surface area contributed by atoms with Crippen LogP contribution in [0.5, 0.6) is 11.5 Å². The predicted molar refractivity (Wildman–Crippen MR) is 105 cm³/mol. The third-order valence-corrected chi connectivity index (χ3v) is 5.18. The van der Waals surface area contributed by atoms with Crippen LogP contribution in [0.3, 0.4) is 0 Å². The molecule has 0 saturated carbocycles. The van der Waals surface area contributed by atoms with Crippen molar-refractivity contribution in [3.63, 3.8) is 0 Å². The average Bonchev–Trinajstić information content (AvgIpc) is 3.19. The number of nitrogens with one attached hydrogen (secondary N) is 1. The Morgan fingerprint density at radius 3 is 2.27 bits per heavy atom. The zero-order valence-corrected chi connectivity index (χ0v) is 16.4. The first kappa shape index (κ1) is 21.3. The number of carboxylic acids is 1. The average molecular weight is 433 g/mol. The highest BCUT2D eigenvalue weighted by molar-refractivity contribution is 7.66. The van der Waals surface area contributed by atoms with Gasteiger partial charge in [-0.25, -0.2) is 9.18 Å². The fourth-order valence-corrected chi connectivity index (χ4v) is 3.53. The van der Waals surface area contributed by atoms with Gasteiger partial charge in [0.1, 0.15) is 23.4 Å². The minimum atomic E-state index is -1.18. The van der Waals surface area contributed by atoms with Crippen LogP contribution in [0.1, 0.15) is 16.8 Å². The van der Waals surface area contributed by atoms with E-state index in [2.05, 4.69) is 5.32 Å². The second-order valence-electron chi connectivity index (χ2n) is 6.62. The molecular formula is C20H18FN2O6S+. The SMILES string of the molecule is O=[S+][C@@H]1C[C@@H](C(=O)O)N(C(=O)CNC(=O)c2ccc(Oc3ccc(F)cc3)cc2)C1. The lowest BCUT2D eigenvalue weighted by Gasteiger charge is -2.20. The normalized spacial score (nSPS) is 18.0. The van der Waals surface area contributed by atoms with Gasteiger partial charge in [0.25, 0.3) is 11.2 Å². The van der Waals surface area contributed by atoms with Crippen molar-refractivity contribution in [1.29, 1.82) is 0 Å². The van der Waals surface area contributed by atoms with Crippen molar-refractivity contribution in [3.05, 3.63) is 59.9 Å². The van der Waals surface area contributed by atoms with E-state index < -0.39 is 29.1 Å². The summed E-state index contributed by atoms with van der Waals surface area (Å²) in [5.41, 5.74) is 0.276. The largest absolute Gasteiger partial charge is 0.480 e. The second kappa shape index (κ2) is 9.40.